The van der Waals surface area contributed by atoms with Crippen LogP contribution in [0.15, 0.2) is 23.9 Å². The van der Waals surface area contributed by atoms with Crippen LogP contribution in [0, 0.1) is 5.41 Å². The highest BCUT2D eigenvalue weighted by molar-refractivity contribution is 5.96. The molecule has 1 unspecified atom stereocenters. The average molecular weight is 287 g/mol. The van der Waals surface area contributed by atoms with Gasteiger partial charge in [0.05, 0.1) is 6.61 Å². The van der Waals surface area contributed by atoms with Gasteiger partial charge in [-0.1, -0.05) is 6.08 Å². The number of allylic oxidation sites excluding steroid dienone is 2. The molecular formula is C13H22FN3O3. The number of nitrogens with two attached hydrogens (primary N) is 1. The fourth-order valence-corrected chi connectivity index (χ4v) is 1.85. The SMILES string of the molecule is C=CCC/C(N)=C(\C)C(=N)N[C@@H]1OC(CO)[C@@H](O)[C@H]1F. The summed E-state index contributed by atoms with van der Waals surface area (Å²) in [7, 11) is 0. The topological polar surface area (TPSA) is 112 Å². The Balaban J connectivity index is 2.64. The van der Waals surface area contributed by atoms with Gasteiger partial charge in [-0.3, -0.25) is 5.41 Å². The van der Waals surface area contributed by atoms with E-state index < -0.39 is 31.2 Å². The highest BCUT2D eigenvalue weighted by Gasteiger charge is 2.44. The number of alkyl halides is 1. The van der Waals surface area contributed by atoms with E-state index in [-0.39, 0.29) is 5.84 Å². The molecule has 0 radical (unpaired) electrons. The van der Waals surface area contributed by atoms with Crippen molar-refractivity contribution >= 4 is 5.84 Å². The van der Waals surface area contributed by atoms with Crippen molar-refractivity contribution in [2.45, 2.75) is 44.4 Å². The van der Waals surface area contributed by atoms with Crippen LogP contribution in [-0.4, -0.2) is 47.3 Å². The van der Waals surface area contributed by atoms with Gasteiger partial charge in [0.15, 0.2) is 12.4 Å². The Kier molecular flexibility index (Phi) is 6.12. The minimum absolute atomic E-state index is 0.0648. The van der Waals surface area contributed by atoms with Crippen LogP contribution in [0.25, 0.3) is 0 Å². The maximum Gasteiger partial charge on any atom is 0.173 e. The number of amidine groups is 1. The van der Waals surface area contributed by atoms with Crippen LogP contribution in [0.4, 0.5) is 4.39 Å². The Bertz CT molecular complexity index is 400. The molecule has 1 heterocycles. The molecule has 1 fully saturated rings. The Hall–Kier alpha value is -1.44. The zero-order valence-electron chi connectivity index (χ0n) is 11.5. The number of aliphatic hydroxyl groups is 2. The molecule has 1 saturated heterocycles. The number of halogens is 1. The first kappa shape index (κ1) is 16.6. The standard InChI is InChI=1S/C13H22FN3O3/c1-3-4-5-8(15)7(2)12(16)17-13-10(14)11(19)9(6-18)20-13/h3,9-11,13,18-19H,1,4-6,15H2,2H3,(H2,16,17)/b8-7-/t9?,10-,11-,13-/m1/s1. The molecule has 0 amide bonds. The predicted octanol–water partition coefficient (Wildman–Crippen LogP) is 0.168. The van der Waals surface area contributed by atoms with Crippen molar-refractivity contribution in [1.82, 2.24) is 5.32 Å². The van der Waals surface area contributed by atoms with E-state index in [0.29, 0.717) is 24.1 Å². The lowest BCUT2D eigenvalue weighted by molar-refractivity contribution is -0.0257. The van der Waals surface area contributed by atoms with E-state index >= 15 is 0 Å². The minimum atomic E-state index is -1.71. The Labute approximate surface area is 117 Å². The van der Waals surface area contributed by atoms with Gasteiger partial charge in [0, 0.05) is 11.3 Å². The number of hydrogen-bond donors (Lipinski definition) is 5. The van der Waals surface area contributed by atoms with Crippen molar-refractivity contribution in [3.8, 4) is 0 Å². The lowest BCUT2D eigenvalue weighted by Gasteiger charge is -2.18. The molecule has 114 valence electrons. The van der Waals surface area contributed by atoms with Crippen molar-refractivity contribution in [2.24, 2.45) is 5.73 Å². The van der Waals surface area contributed by atoms with Gasteiger partial charge in [-0.05, 0) is 19.8 Å². The quantitative estimate of drug-likeness (QED) is 0.272. The number of nitrogens with one attached hydrogen (secondary N) is 2. The molecule has 1 aliphatic rings. The fourth-order valence-electron chi connectivity index (χ4n) is 1.85. The molecule has 0 aromatic rings. The smallest absolute Gasteiger partial charge is 0.173 e. The molecule has 0 aromatic carbocycles. The van der Waals surface area contributed by atoms with Gasteiger partial charge in [-0.15, -0.1) is 6.58 Å². The first-order chi connectivity index (χ1) is 9.42. The summed E-state index contributed by atoms with van der Waals surface area (Å²) in [4.78, 5) is 0. The first-order valence-corrected chi connectivity index (χ1v) is 6.42. The summed E-state index contributed by atoms with van der Waals surface area (Å²) in [6.07, 6.45) is -2.31. The number of hydrogen-bond acceptors (Lipinski definition) is 5. The van der Waals surface area contributed by atoms with Gasteiger partial charge in [-0.2, -0.15) is 0 Å². The molecule has 1 rings (SSSR count). The lowest BCUT2D eigenvalue weighted by atomic mass is 10.1. The summed E-state index contributed by atoms with van der Waals surface area (Å²) < 4.78 is 18.9. The van der Waals surface area contributed by atoms with Crippen LogP contribution in [0.2, 0.25) is 0 Å². The van der Waals surface area contributed by atoms with Gasteiger partial charge in [0.2, 0.25) is 0 Å². The highest BCUT2D eigenvalue weighted by atomic mass is 19.1. The third-order valence-electron chi connectivity index (χ3n) is 3.26. The second-order valence-electron chi connectivity index (χ2n) is 4.71. The zero-order valence-corrected chi connectivity index (χ0v) is 11.5. The maximum absolute atomic E-state index is 13.7. The third kappa shape index (κ3) is 3.78. The summed E-state index contributed by atoms with van der Waals surface area (Å²) in [5.74, 6) is -0.0648. The molecular weight excluding hydrogens is 265 g/mol. The number of ether oxygens (including phenoxy) is 1. The molecule has 0 aliphatic carbocycles. The van der Waals surface area contributed by atoms with E-state index in [4.69, 9.17) is 21.0 Å². The maximum atomic E-state index is 13.7. The largest absolute Gasteiger partial charge is 0.402 e. The molecule has 0 spiro atoms. The molecule has 1 aliphatic heterocycles. The van der Waals surface area contributed by atoms with E-state index in [1.54, 1.807) is 13.0 Å². The molecule has 7 heteroatoms. The van der Waals surface area contributed by atoms with Crippen LogP contribution < -0.4 is 11.1 Å². The van der Waals surface area contributed by atoms with Gasteiger partial charge in [0.25, 0.3) is 0 Å². The molecule has 4 atom stereocenters. The van der Waals surface area contributed by atoms with Crippen molar-refractivity contribution in [3.63, 3.8) is 0 Å². The summed E-state index contributed by atoms with van der Waals surface area (Å²) in [5.41, 5.74) is 6.82. The van der Waals surface area contributed by atoms with Crippen molar-refractivity contribution < 1.29 is 19.3 Å². The van der Waals surface area contributed by atoms with Gasteiger partial charge in [0.1, 0.15) is 18.0 Å². The third-order valence-corrected chi connectivity index (χ3v) is 3.26. The Morgan fingerprint density at radius 3 is 2.75 bits per heavy atom. The first-order valence-electron chi connectivity index (χ1n) is 6.42. The summed E-state index contributed by atoms with van der Waals surface area (Å²) >= 11 is 0. The normalized spacial score (nSPS) is 30.8. The molecule has 0 aromatic heterocycles. The van der Waals surface area contributed by atoms with Crippen molar-refractivity contribution in [3.05, 3.63) is 23.9 Å². The predicted molar refractivity (Wildman–Crippen MR) is 73.8 cm³/mol. The van der Waals surface area contributed by atoms with E-state index in [0.717, 1.165) is 0 Å². The van der Waals surface area contributed by atoms with Gasteiger partial charge < -0.3 is 26.0 Å². The van der Waals surface area contributed by atoms with Gasteiger partial charge in [-0.25, -0.2) is 4.39 Å². The molecule has 0 saturated carbocycles. The van der Waals surface area contributed by atoms with Crippen LogP contribution in [0.1, 0.15) is 19.8 Å². The fraction of sp³-hybridized carbons (Fsp3) is 0.615. The molecule has 6 N–H and O–H groups in total. The lowest BCUT2D eigenvalue weighted by Crippen LogP contribution is -2.42. The number of rotatable bonds is 6. The van der Waals surface area contributed by atoms with Crippen LogP contribution in [0.3, 0.4) is 0 Å². The molecule has 0 bridgehead atoms. The van der Waals surface area contributed by atoms with Crippen molar-refractivity contribution in [1.29, 1.82) is 5.41 Å². The van der Waals surface area contributed by atoms with Crippen LogP contribution >= 0.6 is 0 Å². The van der Waals surface area contributed by atoms with E-state index in [2.05, 4.69) is 11.9 Å². The molecule has 20 heavy (non-hydrogen) atoms. The van der Waals surface area contributed by atoms with E-state index in [1.807, 2.05) is 0 Å². The van der Waals surface area contributed by atoms with E-state index in [1.165, 1.54) is 0 Å². The van der Waals surface area contributed by atoms with Crippen LogP contribution in [0.5, 0.6) is 0 Å². The molecule has 6 nitrogen and oxygen atoms in total. The Morgan fingerprint density at radius 2 is 2.25 bits per heavy atom. The average Bonchev–Trinajstić information content (AvgIpc) is 2.71. The summed E-state index contributed by atoms with van der Waals surface area (Å²) in [5, 5.41) is 28.8. The summed E-state index contributed by atoms with van der Waals surface area (Å²) in [6, 6.07) is 0. The minimum Gasteiger partial charge on any atom is -0.402 e. The highest BCUT2D eigenvalue weighted by Crippen LogP contribution is 2.22. The summed E-state index contributed by atoms with van der Waals surface area (Å²) in [6.45, 7) is 4.75. The van der Waals surface area contributed by atoms with Crippen molar-refractivity contribution in [2.75, 3.05) is 6.61 Å². The second kappa shape index (κ2) is 7.37. The van der Waals surface area contributed by atoms with Crippen LogP contribution in [-0.2, 0) is 4.74 Å². The monoisotopic (exact) mass is 287 g/mol. The number of aliphatic hydroxyl groups excluding tert-OH is 2. The Morgan fingerprint density at radius 1 is 1.60 bits per heavy atom. The zero-order chi connectivity index (χ0) is 15.3. The van der Waals surface area contributed by atoms with E-state index in [9.17, 15) is 9.50 Å². The van der Waals surface area contributed by atoms with Gasteiger partial charge >= 0.3 is 0 Å². The second-order valence-corrected chi connectivity index (χ2v) is 4.71.